The summed E-state index contributed by atoms with van der Waals surface area (Å²) in [4.78, 5) is 6.69. The van der Waals surface area contributed by atoms with Gasteiger partial charge in [0.05, 0.1) is 28.0 Å². The standard InChI is InChI=1S/C16H13N3S/c1-19(14-8-4-2-6-12(14)10-17)11-16-18-13-7-3-5-9-15(13)20-16/h2-9H,11H2,1H3. The van der Waals surface area contributed by atoms with Crippen molar-refractivity contribution >= 4 is 27.2 Å². The number of thiazole rings is 1. The van der Waals surface area contributed by atoms with Crippen LogP contribution >= 0.6 is 11.3 Å². The van der Waals surface area contributed by atoms with Crippen molar-refractivity contribution in [1.29, 1.82) is 5.26 Å². The van der Waals surface area contributed by atoms with Crippen LogP contribution in [0.3, 0.4) is 0 Å². The number of para-hydroxylation sites is 2. The number of rotatable bonds is 3. The first-order valence-electron chi connectivity index (χ1n) is 6.32. The predicted octanol–water partition coefficient (Wildman–Crippen LogP) is 3.80. The summed E-state index contributed by atoms with van der Waals surface area (Å²) in [6.07, 6.45) is 0. The molecule has 98 valence electrons. The molecule has 0 spiro atoms. The van der Waals surface area contributed by atoms with Crippen molar-refractivity contribution in [2.75, 3.05) is 11.9 Å². The van der Waals surface area contributed by atoms with Gasteiger partial charge in [-0.15, -0.1) is 11.3 Å². The summed E-state index contributed by atoms with van der Waals surface area (Å²) in [5.74, 6) is 0. The molecule has 3 nitrogen and oxygen atoms in total. The molecule has 0 unspecified atom stereocenters. The first kappa shape index (κ1) is 12.6. The van der Waals surface area contributed by atoms with E-state index in [4.69, 9.17) is 5.26 Å². The van der Waals surface area contributed by atoms with Crippen molar-refractivity contribution in [3.05, 3.63) is 59.1 Å². The lowest BCUT2D eigenvalue weighted by Crippen LogP contribution is -2.17. The fourth-order valence-corrected chi connectivity index (χ4v) is 3.20. The minimum Gasteiger partial charge on any atom is -0.367 e. The highest BCUT2D eigenvalue weighted by Gasteiger charge is 2.10. The minimum atomic E-state index is 0.691. The number of nitrogens with zero attached hydrogens (tertiary/aromatic N) is 3. The summed E-state index contributed by atoms with van der Waals surface area (Å²) in [7, 11) is 1.99. The number of aromatic nitrogens is 1. The van der Waals surface area contributed by atoms with Gasteiger partial charge < -0.3 is 4.90 Å². The maximum Gasteiger partial charge on any atom is 0.113 e. The zero-order valence-electron chi connectivity index (χ0n) is 11.1. The summed E-state index contributed by atoms with van der Waals surface area (Å²) in [6, 6.07) is 18.0. The molecule has 0 amide bonds. The quantitative estimate of drug-likeness (QED) is 0.732. The smallest absolute Gasteiger partial charge is 0.113 e. The molecule has 0 aliphatic rings. The summed E-state index contributed by atoms with van der Waals surface area (Å²) < 4.78 is 1.20. The lowest BCUT2D eigenvalue weighted by Gasteiger charge is -2.18. The maximum absolute atomic E-state index is 9.16. The van der Waals surface area contributed by atoms with E-state index in [0.29, 0.717) is 12.1 Å². The van der Waals surface area contributed by atoms with Gasteiger partial charge in [-0.1, -0.05) is 24.3 Å². The topological polar surface area (TPSA) is 39.9 Å². The Balaban J connectivity index is 1.88. The average molecular weight is 279 g/mol. The molecule has 0 saturated heterocycles. The fourth-order valence-electron chi connectivity index (χ4n) is 2.18. The molecule has 0 atom stereocenters. The van der Waals surface area contributed by atoms with Gasteiger partial charge in [-0.2, -0.15) is 5.26 Å². The van der Waals surface area contributed by atoms with Gasteiger partial charge in [-0.05, 0) is 24.3 Å². The molecule has 0 bridgehead atoms. The van der Waals surface area contributed by atoms with E-state index >= 15 is 0 Å². The third-order valence-corrected chi connectivity index (χ3v) is 4.17. The van der Waals surface area contributed by atoms with Crippen molar-refractivity contribution in [2.45, 2.75) is 6.54 Å². The highest BCUT2D eigenvalue weighted by molar-refractivity contribution is 7.18. The second-order valence-corrected chi connectivity index (χ2v) is 5.68. The van der Waals surface area contributed by atoms with Gasteiger partial charge in [0.2, 0.25) is 0 Å². The monoisotopic (exact) mass is 279 g/mol. The molecule has 0 saturated carbocycles. The van der Waals surface area contributed by atoms with Gasteiger partial charge in [0, 0.05) is 7.05 Å². The molecule has 3 rings (SSSR count). The van der Waals surface area contributed by atoms with Crippen molar-refractivity contribution in [1.82, 2.24) is 4.98 Å². The molecule has 4 heteroatoms. The summed E-state index contributed by atoms with van der Waals surface area (Å²) in [6.45, 7) is 0.706. The number of hydrogen-bond acceptors (Lipinski definition) is 4. The van der Waals surface area contributed by atoms with Gasteiger partial charge in [-0.25, -0.2) is 4.98 Å². The summed E-state index contributed by atoms with van der Waals surface area (Å²) >= 11 is 1.70. The molecule has 0 radical (unpaired) electrons. The molecule has 0 N–H and O–H groups in total. The van der Waals surface area contributed by atoms with Crippen LogP contribution in [-0.4, -0.2) is 12.0 Å². The molecule has 1 aromatic heterocycles. The van der Waals surface area contributed by atoms with Crippen LogP contribution in [0.25, 0.3) is 10.2 Å². The normalized spacial score (nSPS) is 10.4. The largest absolute Gasteiger partial charge is 0.367 e. The van der Waals surface area contributed by atoms with Crippen LogP contribution in [-0.2, 0) is 6.54 Å². The van der Waals surface area contributed by atoms with E-state index in [-0.39, 0.29) is 0 Å². The van der Waals surface area contributed by atoms with Crippen molar-refractivity contribution < 1.29 is 0 Å². The number of anilines is 1. The highest BCUT2D eigenvalue weighted by atomic mass is 32.1. The first-order valence-corrected chi connectivity index (χ1v) is 7.14. The van der Waals surface area contributed by atoms with Gasteiger partial charge in [0.25, 0.3) is 0 Å². The second-order valence-electron chi connectivity index (χ2n) is 4.56. The van der Waals surface area contributed by atoms with Gasteiger partial charge >= 0.3 is 0 Å². The van der Waals surface area contributed by atoms with Crippen LogP contribution in [0.15, 0.2) is 48.5 Å². The predicted molar refractivity (Wildman–Crippen MR) is 82.9 cm³/mol. The van der Waals surface area contributed by atoms with Crippen LogP contribution in [0.4, 0.5) is 5.69 Å². The molecule has 20 heavy (non-hydrogen) atoms. The van der Waals surface area contributed by atoms with E-state index in [1.54, 1.807) is 11.3 Å². The first-order chi connectivity index (χ1) is 9.78. The Kier molecular flexibility index (Phi) is 3.36. The molecular formula is C16H13N3S. The van der Waals surface area contributed by atoms with Crippen LogP contribution in [0, 0.1) is 11.3 Å². The van der Waals surface area contributed by atoms with E-state index in [1.807, 2.05) is 49.5 Å². The average Bonchev–Trinajstić information content (AvgIpc) is 2.89. The molecule has 1 heterocycles. The Morgan fingerprint density at radius 3 is 2.70 bits per heavy atom. The van der Waals surface area contributed by atoms with E-state index in [1.165, 1.54) is 4.70 Å². The number of benzene rings is 2. The zero-order valence-corrected chi connectivity index (χ0v) is 11.9. The van der Waals surface area contributed by atoms with E-state index in [2.05, 4.69) is 22.0 Å². The van der Waals surface area contributed by atoms with Gasteiger partial charge in [0.1, 0.15) is 11.1 Å². The number of hydrogen-bond donors (Lipinski definition) is 0. The Hall–Kier alpha value is -2.38. The Bertz CT molecular complexity index is 753. The molecule has 0 aliphatic carbocycles. The lowest BCUT2D eigenvalue weighted by atomic mass is 10.2. The third-order valence-electron chi connectivity index (χ3n) is 3.15. The van der Waals surface area contributed by atoms with Crippen molar-refractivity contribution in [2.24, 2.45) is 0 Å². The summed E-state index contributed by atoms with van der Waals surface area (Å²) in [5.41, 5.74) is 2.67. The number of nitriles is 1. The van der Waals surface area contributed by atoms with E-state index in [9.17, 15) is 0 Å². The zero-order chi connectivity index (χ0) is 13.9. The van der Waals surface area contributed by atoms with Crippen LogP contribution in [0.1, 0.15) is 10.6 Å². The third kappa shape index (κ3) is 2.36. The molecule has 2 aromatic carbocycles. The summed E-state index contributed by atoms with van der Waals surface area (Å²) in [5, 5.41) is 10.2. The Morgan fingerprint density at radius 1 is 1.15 bits per heavy atom. The van der Waals surface area contributed by atoms with Crippen LogP contribution in [0.5, 0.6) is 0 Å². The molecule has 0 fully saturated rings. The molecule has 0 aliphatic heterocycles. The lowest BCUT2D eigenvalue weighted by molar-refractivity contribution is 0.912. The molecule has 3 aromatic rings. The van der Waals surface area contributed by atoms with Gasteiger partial charge in [-0.3, -0.25) is 0 Å². The second kappa shape index (κ2) is 5.32. The van der Waals surface area contributed by atoms with E-state index in [0.717, 1.165) is 16.2 Å². The van der Waals surface area contributed by atoms with Crippen molar-refractivity contribution in [3.63, 3.8) is 0 Å². The van der Waals surface area contributed by atoms with Crippen LogP contribution < -0.4 is 4.90 Å². The highest BCUT2D eigenvalue weighted by Crippen LogP contribution is 2.25. The SMILES string of the molecule is CN(Cc1nc2ccccc2s1)c1ccccc1C#N. The van der Waals surface area contributed by atoms with Gasteiger partial charge in [0.15, 0.2) is 0 Å². The minimum absolute atomic E-state index is 0.691. The fraction of sp³-hybridized carbons (Fsp3) is 0.125. The maximum atomic E-state index is 9.16. The van der Waals surface area contributed by atoms with Crippen LogP contribution in [0.2, 0.25) is 0 Å². The van der Waals surface area contributed by atoms with Crippen molar-refractivity contribution in [3.8, 4) is 6.07 Å². The van der Waals surface area contributed by atoms with E-state index < -0.39 is 0 Å². The Morgan fingerprint density at radius 2 is 1.90 bits per heavy atom. The molecular weight excluding hydrogens is 266 g/mol. The number of fused-ring (bicyclic) bond motifs is 1. The Labute approximate surface area is 121 Å².